The molecule has 0 unspecified atom stereocenters. The highest BCUT2D eigenvalue weighted by Gasteiger charge is 2.42. The lowest BCUT2D eigenvalue weighted by Crippen LogP contribution is -2.28. The van der Waals surface area contributed by atoms with E-state index < -0.39 is 11.9 Å². The highest BCUT2D eigenvalue weighted by molar-refractivity contribution is 5.79. The average Bonchev–Trinajstić information content (AvgIpc) is 2.27. The lowest BCUT2D eigenvalue weighted by atomic mass is 10.1. The number of halogens is 2. The minimum atomic E-state index is -3.61. The van der Waals surface area contributed by atoms with Crippen molar-refractivity contribution < 1.29 is 18.3 Å². The van der Waals surface area contributed by atoms with Crippen LogP contribution in [-0.4, -0.2) is 12.6 Å². The molecule has 0 heterocycles. The monoisotopic (exact) mass is 212 g/mol. The summed E-state index contributed by atoms with van der Waals surface area (Å²) in [6, 6.07) is 6.81. The van der Waals surface area contributed by atoms with Crippen LogP contribution in [0.2, 0.25) is 0 Å². The fourth-order valence-corrected chi connectivity index (χ4v) is 0.991. The van der Waals surface area contributed by atoms with E-state index in [1.807, 2.05) is 0 Å². The van der Waals surface area contributed by atoms with Gasteiger partial charge in [-0.1, -0.05) is 43.0 Å². The Kier molecular flexibility index (Phi) is 3.55. The minimum Gasteiger partial charge on any atom is -0.457 e. The van der Waals surface area contributed by atoms with Crippen LogP contribution >= 0.6 is 0 Å². The highest BCUT2D eigenvalue weighted by atomic mass is 19.3. The normalized spacial score (nSPS) is 10.8. The van der Waals surface area contributed by atoms with E-state index in [1.165, 1.54) is 30.3 Å². The lowest BCUT2D eigenvalue weighted by molar-refractivity contribution is -0.172. The Hall–Kier alpha value is -1.71. The molecule has 0 N–H and O–H groups in total. The molecule has 0 atom stereocenters. The first-order chi connectivity index (χ1) is 7.09. The lowest BCUT2D eigenvalue weighted by Gasteiger charge is -2.14. The molecule has 0 fully saturated rings. The summed E-state index contributed by atoms with van der Waals surface area (Å²) >= 11 is 0. The number of carbonyl (C=O) groups is 1. The van der Waals surface area contributed by atoms with Gasteiger partial charge in [-0.3, -0.25) is 0 Å². The number of esters is 1. The molecule has 1 aromatic rings. The molecule has 0 spiro atoms. The summed E-state index contributed by atoms with van der Waals surface area (Å²) in [6.07, 6.45) is 1.24. The van der Waals surface area contributed by atoms with Gasteiger partial charge in [-0.05, 0) is 0 Å². The summed E-state index contributed by atoms with van der Waals surface area (Å²) in [6.45, 7) is 3.04. The zero-order chi connectivity index (χ0) is 11.3. The Morgan fingerprint density at radius 1 is 1.40 bits per heavy atom. The Morgan fingerprint density at radius 2 is 2.00 bits per heavy atom. The first-order valence-corrected chi connectivity index (χ1v) is 4.30. The molecule has 80 valence electrons. The molecule has 15 heavy (non-hydrogen) atoms. The third-order valence-electron chi connectivity index (χ3n) is 1.72. The molecule has 0 aliphatic heterocycles. The van der Waals surface area contributed by atoms with E-state index in [1.54, 1.807) is 6.07 Å². The number of alkyl halides is 2. The fraction of sp³-hybridized carbons (Fsp3) is 0.182. The van der Waals surface area contributed by atoms with Gasteiger partial charge in [0, 0.05) is 5.56 Å². The predicted molar refractivity (Wildman–Crippen MR) is 51.5 cm³/mol. The van der Waals surface area contributed by atoms with Gasteiger partial charge < -0.3 is 4.74 Å². The zero-order valence-corrected chi connectivity index (χ0v) is 7.95. The second-order valence-corrected chi connectivity index (χ2v) is 2.83. The SMILES string of the molecule is C=CCOC(=O)C(F)(F)c1ccccc1. The van der Waals surface area contributed by atoms with Crippen LogP contribution in [0.5, 0.6) is 0 Å². The van der Waals surface area contributed by atoms with Gasteiger partial charge in [0.05, 0.1) is 0 Å². The van der Waals surface area contributed by atoms with Crippen molar-refractivity contribution in [3.63, 3.8) is 0 Å². The van der Waals surface area contributed by atoms with E-state index in [0.717, 1.165) is 0 Å². The van der Waals surface area contributed by atoms with Gasteiger partial charge in [0.15, 0.2) is 0 Å². The van der Waals surface area contributed by atoms with E-state index in [-0.39, 0.29) is 12.2 Å². The molecule has 4 heteroatoms. The quantitative estimate of drug-likeness (QED) is 0.566. The summed E-state index contributed by atoms with van der Waals surface area (Å²) in [7, 11) is 0. The van der Waals surface area contributed by atoms with Crippen LogP contribution in [0.1, 0.15) is 5.56 Å². The van der Waals surface area contributed by atoms with Gasteiger partial charge in [-0.25, -0.2) is 4.79 Å². The molecule has 0 aliphatic carbocycles. The van der Waals surface area contributed by atoms with Crippen LogP contribution in [0.25, 0.3) is 0 Å². The molecule has 1 aromatic carbocycles. The summed E-state index contributed by atoms with van der Waals surface area (Å²) in [4.78, 5) is 11.0. The van der Waals surface area contributed by atoms with Crippen LogP contribution in [0.15, 0.2) is 43.0 Å². The van der Waals surface area contributed by atoms with Crippen molar-refractivity contribution in [1.82, 2.24) is 0 Å². The third-order valence-corrected chi connectivity index (χ3v) is 1.72. The summed E-state index contributed by atoms with van der Waals surface area (Å²) in [5.74, 6) is -5.17. The largest absolute Gasteiger partial charge is 0.457 e. The van der Waals surface area contributed by atoms with Gasteiger partial charge in [0.25, 0.3) is 0 Å². The molecule has 0 amide bonds. The zero-order valence-electron chi connectivity index (χ0n) is 7.95. The Bertz CT molecular complexity index is 347. The molecule has 0 bridgehead atoms. The average molecular weight is 212 g/mol. The Labute approximate surface area is 86.2 Å². The summed E-state index contributed by atoms with van der Waals surface area (Å²) < 4.78 is 31.0. The van der Waals surface area contributed by atoms with Crippen molar-refractivity contribution >= 4 is 5.97 Å². The van der Waals surface area contributed by atoms with E-state index in [4.69, 9.17) is 0 Å². The molecule has 0 aromatic heterocycles. The van der Waals surface area contributed by atoms with Gasteiger partial charge in [-0.15, -0.1) is 0 Å². The standard InChI is InChI=1S/C11H10F2O2/c1-2-8-15-10(14)11(12,13)9-6-4-3-5-7-9/h2-7H,1,8H2. The molecule has 0 saturated heterocycles. The summed E-state index contributed by atoms with van der Waals surface area (Å²) in [5.41, 5.74) is -0.376. The topological polar surface area (TPSA) is 26.3 Å². The molecule has 0 aliphatic rings. The van der Waals surface area contributed by atoms with E-state index >= 15 is 0 Å². The number of ether oxygens (including phenoxy) is 1. The molecule has 0 saturated carbocycles. The maximum atomic E-state index is 13.4. The number of benzene rings is 1. The molecule has 1 rings (SSSR count). The smallest absolute Gasteiger partial charge is 0.382 e. The van der Waals surface area contributed by atoms with Gasteiger partial charge in [0.2, 0.25) is 0 Å². The van der Waals surface area contributed by atoms with Crippen molar-refractivity contribution in [2.24, 2.45) is 0 Å². The van der Waals surface area contributed by atoms with Gasteiger partial charge in [-0.2, -0.15) is 8.78 Å². The minimum absolute atomic E-state index is 0.221. The predicted octanol–water partition coefficient (Wildman–Crippen LogP) is 2.51. The van der Waals surface area contributed by atoms with Crippen LogP contribution in [0, 0.1) is 0 Å². The van der Waals surface area contributed by atoms with Crippen molar-refractivity contribution in [1.29, 1.82) is 0 Å². The number of hydrogen-bond acceptors (Lipinski definition) is 2. The second kappa shape index (κ2) is 4.68. The van der Waals surface area contributed by atoms with Crippen molar-refractivity contribution in [3.8, 4) is 0 Å². The maximum absolute atomic E-state index is 13.4. The molecular weight excluding hydrogens is 202 g/mol. The molecule has 0 radical (unpaired) electrons. The summed E-state index contributed by atoms with van der Waals surface area (Å²) in [5, 5.41) is 0. The van der Waals surface area contributed by atoms with Crippen molar-refractivity contribution in [2.75, 3.05) is 6.61 Å². The Balaban J connectivity index is 2.82. The van der Waals surface area contributed by atoms with E-state index in [9.17, 15) is 13.6 Å². The third kappa shape index (κ3) is 2.62. The van der Waals surface area contributed by atoms with Crippen LogP contribution in [0.3, 0.4) is 0 Å². The maximum Gasteiger partial charge on any atom is 0.382 e. The van der Waals surface area contributed by atoms with Crippen molar-refractivity contribution in [2.45, 2.75) is 5.92 Å². The Morgan fingerprint density at radius 3 is 2.53 bits per heavy atom. The van der Waals surface area contributed by atoms with Gasteiger partial charge >= 0.3 is 11.9 Å². The van der Waals surface area contributed by atoms with Crippen LogP contribution < -0.4 is 0 Å². The first kappa shape index (κ1) is 11.4. The second-order valence-electron chi connectivity index (χ2n) is 2.83. The van der Waals surface area contributed by atoms with Gasteiger partial charge in [0.1, 0.15) is 6.61 Å². The highest BCUT2D eigenvalue weighted by Crippen LogP contribution is 2.28. The number of hydrogen-bond donors (Lipinski definition) is 0. The van der Waals surface area contributed by atoms with E-state index in [2.05, 4.69) is 11.3 Å². The van der Waals surface area contributed by atoms with Crippen LogP contribution in [-0.2, 0) is 15.5 Å². The molecule has 2 nitrogen and oxygen atoms in total. The fourth-order valence-electron chi connectivity index (χ4n) is 0.991. The van der Waals surface area contributed by atoms with Crippen LogP contribution in [0.4, 0.5) is 8.78 Å². The first-order valence-electron chi connectivity index (χ1n) is 4.30. The van der Waals surface area contributed by atoms with E-state index in [0.29, 0.717) is 0 Å². The number of rotatable bonds is 4. The number of carbonyl (C=O) groups excluding carboxylic acids is 1. The van der Waals surface area contributed by atoms with Crippen molar-refractivity contribution in [3.05, 3.63) is 48.6 Å². The molecular formula is C11H10F2O2.